The summed E-state index contributed by atoms with van der Waals surface area (Å²) in [5.41, 5.74) is 2.31. The molecule has 0 amide bonds. The zero-order valence-electron chi connectivity index (χ0n) is 10.5. The van der Waals surface area contributed by atoms with E-state index in [-0.39, 0.29) is 12.4 Å². The van der Waals surface area contributed by atoms with Gasteiger partial charge in [-0.3, -0.25) is 5.10 Å². The number of rotatable bonds is 3. The average Bonchev–Trinajstić information content (AvgIpc) is 2.97. The van der Waals surface area contributed by atoms with Gasteiger partial charge in [-0.25, -0.2) is 9.37 Å². The second-order valence-electron chi connectivity index (χ2n) is 4.33. The number of hydrogen-bond donors (Lipinski definition) is 2. The van der Waals surface area contributed by atoms with Crippen LogP contribution < -0.4 is 0 Å². The smallest absolute Gasteiger partial charge is 0.181 e. The minimum absolute atomic E-state index is 0.0667. The first-order valence-corrected chi connectivity index (χ1v) is 6.15. The molecular weight excluding hydrogens is 257 g/mol. The molecule has 3 rings (SSSR count). The van der Waals surface area contributed by atoms with Crippen molar-refractivity contribution in [1.82, 2.24) is 15.2 Å². The van der Waals surface area contributed by atoms with E-state index in [9.17, 15) is 9.50 Å². The monoisotopic (exact) mass is 269 g/mol. The van der Waals surface area contributed by atoms with Crippen molar-refractivity contribution in [2.24, 2.45) is 0 Å². The lowest BCUT2D eigenvalue weighted by molar-refractivity contribution is 0.282. The summed E-state index contributed by atoms with van der Waals surface area (Å²) in [7, 11) is 0. The predicted octanol–water partition coefficient (Wildman–Crippen LogP) is 2.77. The van der Waals surface area contributed by atoms with Crippen LogP contribution in [0.4, 0.5) is 4.39 Å². The summed E-state index contributed by atoms with van der Waals surface area (Å²) < 4.78 is 12.9. The average molecular weight is 269 g/mol. The van der Waals surface area contributed by atoms with Crippen LogP contribution in [0, 0.1) is 5.82 Å². The molecule has 0 bridgehead atoms. The summed E-state index contributed by atoms with van der Waals surface area (Å²) in [5, 5.41) is 16.3. The molecule has 0 atom stereocenters. The van der Waals surface area contributed by atoms with Crippen LogP contribution in [-0.2, 0) is 6.61 Å². The number of aliphatic hydroxyl groups is 1. The number of halogens is 1. The number of nitrogens with one attached hydrogen (secondary N) is 1. The fraction of sp³-hybridized carbons (Fsp3) is 0.0667. The molecule has 0 unspecified atom stereocenters. The Hall–Kier alpha value is -2.53. The van der Waals surface area contributed by atoms with Gasteiger partial charge in [0.05, 0.1) is 6.61 Å². The summed E-state index contributed by atoms with van der Waals surface area (Å²) in [6, 6.07) is 13.4. The number of aromatic amines is 1. The van der Waals surface area contributed by atoms with Gasteiger partial charge in [-0.15, -0.1) is 0 Å². The molecule has 1 aromatic heterocycles. The Balaban J connectivity index is 2.00. The van der Waals surface area contributed by atoms with Crippen LogP contribution in [0.25, 0.3) is 22.8 Å². The normalized spacial score (nSPS) is 10.7. The van der Waals surface area contributed by atoms with Crippen molar-refractivity contribution in [2.45, 2.75) is 6.61 Å². The van der Waals surface area contributed by atoms with Gasteiger partial charge in [-0.1, -0.05) is 24.3 Å². The van der Waals surface area contributed by atoms with Crippen molar-refractivity contribution in [2.75, 3.05) is 0 Å². The van der Waals surface area contributed by atoms with Crippen LogP contribution in [0.15, 0.2) is 48.5 Å². The molecule has 20 heavy (non-hydrogen) atoms. The van der Waals surface area contributed by atoms with Crippen molar-refractivity contribution >= 4 is 0 Å². The molecule has 0 aliphatic heterocycles. The highest BCUT2D eigenvalue weighted by atomic mass is 19.1. The number of hydrogen-bond acceptors (Lipinski definition) is 3. The Morgan fingerprint density at radius 2 is 1.80 bits per heavy atom. The van der Waals surface area contributed by atoms with Crippen LogP contribution in [0.1, 0.15) is 5.56 Å². The van der Waals surface area contributed by atoms with E-state index in [0.717, 1.165) is 16.7 Å². The van der Waals surface area contributed by atoms with Gasteiger partial charge >= 0.3 is 0 Å². The Bertz CT molecular complexity index is 722. The zero-order chi connectivity index (χ0) is 13.9. The van der Waals surface area contributed by atoms with Gasteiger partial charge in [0.1, 0.15) is 5.82 Å². The standard InChI is InChI=1S/C15H12FN3O/c16-12-7-5-10(6-8-12)14-17-15(19-18-14)13-4-2-1-3-11(13)9-20/h1-8,20H,9H2,(H,17,18,19). The lowest BCUT2D eigenvalue weighted by atomic mass is 10.1. The Kier molecular flexibility index (Phi) is 3.26. The maximum atomic E-state index is 12.9. The van der Waals surface area contributed by atoms with E-state index in [4.69, 9.17) is 0 Å². The summed E-state index contributed by atoms with van der Waals surface area (Å²) in [4.78, 5) is 4.39. The third-order valence-electron chi connectivity index (χ3n) is 3.03. The van der Waals surface area contributed by atoms with E-state index in [1.54, 1.807) is 12.1 Å². The van der Waals surface area contributed by atoms with E-state index in [1.807, 2.05) is 24.3 Å². The SMILES string of the molecule is OCc1ccccc1-c1nc(-c2ccc(F)cc2)n[nH]1. The maximum absolute atomic E-state index is 12.9. The van der Waals surface area contributed by atoms with Crippen LogP contribution in [0.3, 0.4) is 0 Å². The molecule has 0 aliphatic carbocycles. The molecule has 2 aromatic carbocycles. The van der Waals surface area contributed by atoms with Crippen LogP contribution in [-0.4, -0.2) is 20.3 Å². The third-order valence-corrected chi connectivity index (χ3v) is 3.03. The van der Waals surface area contributed by atoms with Gasteiger partial charge in [0.2, 0.25) is 0 Å². The quantitative estimate of drug-likeness (QED) is 0.768. The molecule has 0 fully saturated rings. The Morgan fingerprint density at radius 3 is 2.55 bits per heavy atom. The van der Waals surface area contributed by atoms with Gasteiger partial charge in [0, 0.05) is 11.1 Å². The van der Waals surface area contributed by atoms with E-state index >= 15 is 0 Å². The van der Waals surface area contributed by atoms with E-state index < -0.39 is 0 Å². The lowest BCUT2D eigenvalue weighted by Gasteiger charge is -2.02. The fourth-order valence-electron chi connectivity index (χ4n) is 2.00. The third kappa shape index (κ3) is 2.31. The highest BCUT2D eigenvalue weighted by Crippen LogP contribution is 2.23. The van der Waals surface area contributed by atoms with E-state index in [1.165, 1.54) is 12.1 Å². The van der Waals surface area contributed by atoms with Gasteiger partial charge in [0.25, 0.3) is 0 Å². The van der Waals surface area contributed by atoms with E-state index in [2.05, 4.69) is 15.2 Å². The molecule has 0 aliphatic rings. The zero-order valence-corrected chi connectivity index (χ0v) is 10.5. The topological polar surface area (TPSA) is 61.8 Å². The van der Waals surface area contributed by atoms with E-state index in [0.29, 0.717) is 11.6 Å². The summed E-state index contributed by atoms with van der Waals surface area (Å²) in [6.45, 7) is -0.0667. The highest BCUT2D eigenvalue weighted by molar-refractivity contribution is 5.63. The first-order valence-electron chi connectivity index (χ1n) is 6.15. The second kappa shape index (κ2) is 5.22. The van der Waals surface area contributed by atoms with Gasteiger partial charge < -0.3 is 5.11 Å². The molecule has 1 heterocycles. The predicted molar refractivity (Wildman–Crippen MR) is 73.1 cm³/mol. The Morgan fingerprint density at radius 1 is 1.05 bits per heavy atom. The summed E-state index contributed by atoms with van der Waals surface area (Å²) in [6.07, 6.45) is 0. The first kappa shape index (κ1) is 12.5. The van der Waals surface area contributed by atoms with Gasteiger partial charge in [0.15, 0.2) is 11.6 Å². The molecule has 0 saturated carbocycles. The summed E-state index contributed by atoms with van der Waals surface area (Å²) >= 11 is 0. The van der Waals surface area contributed by atoms with Crippen LogP contribution >= 0.6 is 0 Å². The fourth-order valence-corrected chi connectivity index (χ4v) is 2.00. The van der Waals surface area contributed by atoms with Crippen molar-refractivity contribution in [3.8, 4) is 22.8 Å². The van der Waals surface area contributed by atoms with Crippen LogP contribution in [0.2, 0.25) is 0 Å². The van der Waals surface area contributed by atoms with Gasteiger partial charge in [-0.05, 0) is 29.8 Å². The molecule has 5 heteroatoms. The largest absolute Gasteiger partial charge is 0.392 e. The summed E-state index contributed by atoms with van der Waals surface area (Å²) in [5.74, 6) is 0.775. The van der Waals surface area contributed by atoms with Crippen molar-refractivity contribution in [3.63, 3.8) is 0 Å². The lowest BCUT2D eigenvalue weighted by Crippen LogP contribution is -1.90. The molecule has 0 spiro atoms. The minimum Gasteiger partial charge on any atom is -0.392 e. The molecular formula is C15H12FN3O. The molecule has 0 radical (unpaired) electrons. The molecule has 100 valence electrons. The number of H-pyrrole nitrogens is 1. The van der Waals surface area contributed by atoms with Crippen molar-refractivity contribution in [1.29, 1.82) is 0 Å². The molecule has 0 saturated heterocycles. The first-order chi connectivity index (χ1) is 9.78. The highest BCUT2D eigenvalue weighted by Gasteiger charge is 2.10. The van der Waals surface area contributed by atoms with Crippen molar-refractivity contribution < 1.29 is 9.50 Å². The van der Waals surface area contributed by atoms with Crippen LogP contribution in [0.5, 0.6) is 0 Å². The number of benzene rings is 2. The minimum atomic E-state index is -0.296. The maximum Gasteiger partial charge on any atom is 0.181 e. The second-order valence-corrected chi connectivity index (χ2v) is 4.33. The molecule has 4 nitrogen and oxygen atoms in total. The van der Waals surface area contributed by atoms with Gasteiger partial charge in [-0.2, -0.15) is 5.10 Å². The molecule has 2 N–H and O–H groups in total. The molecule has 3 aromatic rings. The van der Waals surface area contributed by atoms with Crippen molar-refractivity contribution in [3.05, 3.63) is 59.9 Å². The number of aromatic nitrogens is 3. The Labute approximate surface area is 114 Å². The number of nitrogens with zero attached hydrogens (tertiary/aromatic N) is 2. The number of aliphatic hydroxyl groups excluding tert-OH is 1.